The largest absolute Gasteiger partial charge is 0.356 e. The molecule has 0 bridgehead atoms. The van der Waals surface area contributed by atoms with Crippen LogP contribution in [-0.4, -0.2) is 30.0 Å². The first kappa shape index (κ1) is 38.2. The zero-order valence-electron chi connectivity index (χ0n) is 29.1. The zero-order valence-corrected chi connectivity index (χ0v) is 29.1. The predicted molar refractivity (Wildman–Crippen MR) is 196 cm³/mol. The highest BCUT2D eigenvalue weighted by Gasteiger charge is 2.18. The lowest BCUT2D eigenvalue weighted by molar-refractivity contribution is -0.124. The Morgan fingerprint density at radius 1 is 0.583 bits per heavy atom. The van der Waals surface area contributed by atoms with E-state index in [-0.39, 0.29) is 48.3 Å². The molecule has 0 atom stereocenters. The molecule has 3 N–H and O–H groups in total. The number of carbonyl (C=O) groups is 4. The van der Waals surface area contributed by atoms with Crippen LogP contribution >= 0.6 is 0 Å². The lowest BCUT2D eigenvalue weighted by atomic mass is 10.0. The van der Waals surface area contributed by atoms with Crippen LogP contribution in [0.25, 0.3) is 0 Å². The van der Waals surface area contributed by atoms with Gasteiger partial charge in [-0.25, -0.2) is 0 Å². The number of anilines is 2. The summed E-state index contributed by atoms with van der Waals surface area (Å²) in [5, 5.41) is 8.60. The Labute approximate surface area is 287 Å². The number of hydrogen-bond donors (Lipinski definition) is 3. The fraction of sp³-hybridized carbons (Fsp3) is 0.463. The first-order valence-electron chi connectivity index (χ1n) is 18.0. The molecular weight excluding hydrogens is 598 g/mol. The van der Waals surface area contributed by atoms with Crippen LogP contribution in [0.4, 0.5) is 11.4 Å². The number of amides is 3. The molecule has 0 saturated carbocycles. The quantitative estimate of drug-likeness (QED) is 0.0701. The number of ketones is 1. The van der Waals surface area contributed by atoms with Gasteiger partial charge < -0.3 is 16.0 Å². The van der Waals surface area contributed by atoms with Gasteiger partial charge in [-0.05, 0) is 37.1 Å². The maximum Gasteiger partial charge on any atom is 0.228 e. The molecule has 0 aliphatic carbocycles. The Bertz CT molecular complexity index is 1420. The van der Waals surface area contributed by atoms with E-state index in [4.69, 9.17) is 0 Å². The molecule has 0 heterocycles. The summed E-state index contributed by atoms with van der Waals surface area (Å²) < 4.78 is 0. The molecule has 0 saturated heterocycles. The molecule has 0 spiro atoms. The summed E-state index contributed by atoms with van der Waals surface area (Å²) in [6.45, 7) is 4.87. The topological polar surface area (TPSA) is 104 Å². The molecule has 7 heteroatoms. The number of aryl methyl sites for hydroxylation is 1. The Hall–Kier alpha value is -4.26. The minimum atomic E-state index is -0.319. The third kappa shape index (κ3) is 15.1. The van der Waals surface area contributed by atoms with Gasteiger partial charge in [0, 0.05) is 36.2 Å². The molecule has 258 valence electrons. The summed E-state index contributed by atoms with van der Waals surface area (Å²) >= 11 is 0. The highest BCUT2D eigenvalue weighted by molar-refractivity contribution is 6.14. The summed E-state index contributed by atoms with van der Waals surface area (Å²) in [6.07, 6.45) is 16.9. The summed E-state index contributed by atoms with van der Waals surface area (Å²) in [7, 11) is 0. The standard InChI is InChI=1S/C41H55N3O4/c1-3-4-5-6-7-8-9-10-11-12-13-14-18-29-42-38(45)27-28-39(46)43-35-25-26-37(36(31-35)41(48)34-19-16-15-17-20-34)44-40(47)30-33-23-21-32(2)22-24-33/h15-17,19-26,31H,3-14,18,27-30H2,1-2H3,(H,42,45)(H,43,46)(H,44,47). The number of carbonyl (C=O) groups excluding carboxylic acids is 4. The van der Waals surface area contributed by atoms with E-state index in [9.17, 15) is 19.2 Å². The zero-order chi connectivity index (χ0) is 34.4. The maximum atomic E-state index is 13.5. The number of rotatable bonds is 23. The van der Waals surface area contributed by atoms with Crippen molar-refractivity contribution in [2.45, 2.75) is 117 Å². The molecule has 0 unspecified atom stereocenters. The van der Waals surface area contributed by atoms with Crippen LogP contribution in [0.15, 0.2) is 72.8 Å². The molecule has 0 fully saturated rings. The molecule has 3 aromatic carbocycles. The van der Waals surface area contributed by atoms with Crippen LogP contribution in [0.5, 0.6) is 0 Å². The monoisotopic (exact) mass is 653 g/mol. The van der Waals surface area contributed by atoms with E-state index in [1.165, 1.54) is 70.6 Å². The average molecular weight is 654 g/mol. The predicted octanol–water partition coefficient (Wildman–Crippen LogP) is 9.33. The second kappa shape index (κ2) is 22.3. The van der Waals surface area contributed by atoms with E-state index >= 15 is 0 Å². The summed E-state index contributed by atoms with van der Waals surface area (Å²) in [4.78, 5) is 51.4. The van der Waals surface area contributed by atoms with Crippen molar-refractivity contribution in [2.75, 3.05) is 17.2 Å². The highest BCUT2D eigenvalue weighted by Crippen LogP contribution is 2.25. The van der Waals surface area contributed by atoms with Crippen LogP contribution in [0, 0.1) is 6.92 Å². The fourth-order valence-corrected chi connectivity index (χ4v) is 5.66. The SMILES string of the molecule is CCCCCCCCCCCCCCCNC(=O)CCC(=O)Nc1ccc(NC(=O)Cc2ccc(C)cc2)c(C(=O)c2ccccc2)c1. The van der Waals surface area contributed by atoms with E-state index in [0.29, 0.717) is 23.5 Å². The molecule has 48 heavy (non-hydrogen) atoms. The lowest BCUT2D eigenvalue weighted by Crippen LogP contribution is -2.25. The molecule has 3 rings (SSSR count). The molecule has 0 aliphatic heterocycles. The molecule has 0 radical (unpaired) electrons. The van der Waals surface area contributed by atoms with Gasteiger partial charge in [0.2, 0.25) is 17.7 Å². The van der Waals surface area contributed by atoms with E-state index in [2.05, 4.69) is 22.9 Å². The second-order valence-electron chi connectivity index (χ2n) is 12.8. The van der Waals surface area contributed by atoms with Gasteiger partial charge in [0.25, 0.3) is 0 Å². The lowest BCUT2D eigenvalue weighted by Gasteiger charge is -2.14. The highest BCUT2D eigenvalue weighted by atomic mass is 16.2. The van der Waals surface area contributed by atoms with Gasteiger partial charge in [0.15, 0.2) is 5.78 Å². The second-order valence-corrected chi connectivity index (χ2v) is 12.8. The van der Waals surface area contributed by atoms with Gasteiger partial charge in [0.1, 0.15) is 0 Å². The molecule has 0 aliphatic rings. The molecule has 7 nitrogen and oxygen atoms in total. The van der Waals surface area contributed by atoms with E-state index in [0.717, 1.165) is 24.0 Å². The minimum absolute atomic E-state index is 0.0292. The van der Waals surface area contributed by atoms with Crippen LogP contribution in [0.1, 0.15) is 130 Å². The van der Waals surface area contributed by atoms with Gasteiger partial charge in [-0.2, -0.15) is 0 Å². The third-order valence-electron chi connectivity index (χ3n) is 8.52. The van der Waals surface area contributed by atoms with E-state index in [1.54, 1.807) is 42.5 Å². The summed E-state index contributed by atoms with van der Waals surface area (Å²) in [5.41, 5.74) is 3.50. The van der Waals surface area contributed by atoms with E-state index in [1.807, 2.05) is 37.3 Å². The smallest absolute Gasteiger partial charge is 0.228 e. The first-order chi connectivity index (χ1) is 23.4. The molecule has 0 aromatic heterocycles. The van der Waals surface area contributed by atoms with Crippen molar-refractivity contribution < 1.29 is 19.2 Å². The fourth-order valence-electron chi connectivity index (χ4n) is 5.66. The Kier molecular flexibility index (Phi) is 17.8. The van der Waals surface area contributed by atoms with Crippen molar-refractivity contribution in [3.8, 4) is 0 Å². The summed E-state index contributed by atoms with van der Waals surface area (Å²) in [5.74, 6) is -0.983. The number of benzene rings is 3. The number of nitrogens with one attached hydrogen (secondary N) is 3. The van der Waals surface area contributed by atoms with Crippen molar-refractivity contribution in [3.63, 3.8) is 0 Å². The third-order valence-corrected chi connectivity index (χ3v) is 8.52. The van der Waals surface area contributed by atoms with Gasteiger partial charge in [-0.15, -0.1) is 0 Å². The minimum Gasteiger partial charge on any atom is -0.356 e. The van der Waals surface area contributed by atoms with Crippen molar-refractivity contribution in [3.05, 3.63) is 95.1 Å². The van der Waals surface area contributed by atoms with Gasteiger partial charge in [-0.3, -0.25) is 19.2 Å². The van der Waals surface area contributed by atoms with Crippen LogP contribution in [-0.2, 0) is 20.8 Å². The van der Waals surface area contributed by atoms with E-state index < -0.39 is 0 Å². The van der Waals surface area contributed by atoms with Crippen molar-refractivity contribution in [1.29, 1.82) is 0 Å². The molecule has 3 aromatic rings. The van der Waals surface area contributed by atoms with Crippen LogP contribution in [0.2, 0.25) is 0 Å². The van der Waals surface area contributed by atoms with Crippen molar-refractivity contribution in [2.24, 2.45) is 0 Å². The number of hydrogen-bond acceptors (Lipinski definition) is 4. The van der Waals surface area contributed by atoms with Crippen molar-refractivity contribution >= 4 is 34.9 Å². The normalized spacial score (nSPS) is 10.8. The molecular formula is C41H55N3O4. The summed E-state index contributed by atoms with van der Waals surface area (Å²) in [6, 6.07) is 21.4. The number of unbranched alkanes of at least 4 members (excludes halogenated alkanes) is 12. The molecule has 3 amide bonds. The van der Waals surface area contributed by atoms with Crippen molar-refractivity contribution in [1.82, 2.24) is 5.32 Å². The maximum absolute atomic E-state index is 13.5. The Morgan fingerprint density at radius 3 is 1.79 bits per heavy atom. The van der Waals surface area contributed by atoms with Crippen LogP contribution < -0.4 is 16.0 Å². The van der Waals surface area contributed by atoms with Gasteiger partial charge >= 0.3 is 0 Å². The average Bonchev–Trinajstić information content (AvgIpc) is 3.09. The Balaban J connectivity index is 1.39. The van der Waals surface area contributed by atoms with Gasteiger partial charge in [0.05, 0.1) is 12.1 Å². The van der Waals surface area contributed by atoms with Crippen LogP contribution in [0.3, 0.4) is 0 Å². The van der Waals surface area contributed by atoms with Gasteiger partial charge in [-0.1, -0.05) is 144 Å². The first-order valence-corrected chi connectivity index (χ1v) is 18.0. The Morgan fingerprint density at radius 2 is 1.17 bits per heavy atom.